The average Bonchev–Trinajstić information content (AvgIpc) is 3.04. The van der Waals surface area contributed by atoms with Gasteiger partial charge >= 0.3 is 5.97 Å². The van der Waals surface area contributed by atoms with Gasteiger partial charge in [0.05, 0.1) is 17.2 Å². The molecule has 116 valence electrons. The second-order valence-corrected chi connectivity index (χ2v) is 6.38. The van der Waals surface area contributed by atoms with Gasteiger partial charge in [-0.3, -0.25) is 4.79 Å². The van der Waals surface area contributed by atoms with Crippen LogP contribution in [0.15, 0.2) is 0 Å². The third-order valence-electron chi connectivity index (χ3n) is 3.77. The highest BCUT2D eigenvalue weighted by molar-refractivity contribution is 7.19. The van der Waals surface area contributed by atoms with Crippen molar-refractivity contribution in [3.63, 3.8) is 0 Å². The molecule has 0 radical (unpaired) electrons. The minimum atomic E-state index is -0.465. The van der Waals surface area contributed by atoms with E-state index < -0.39 is 5.97 Å². The Morgan fingerprint density at radius 2 is 2.05 bits per heavy atom. The third-order valence-corrected chi connectivity index (χ3v) is 5.03. The summed E-state index contributed by atoms with van der Waals surface area (Å²) in [7, 11) is 0. The van der Waals surface area contributed by atoms with Crippen LogP contribution in [0, 0.1) is 5.92 Å². The highest BCUT2D eigenvalue weighted by Crippen LogP contribution is 2.37. The number of carbonyl (C=O) groups excluding carboxylic acids is 2. The maximum absolute atomic E-state index is 12.1. The fourth-order valence-corrected chi connectivity index (χ4v) is 3.70. The Bertz CT molecular complexity index is 533. The molecule has 3 N–H and O–H groups in total. The van der Waals surface area contributed by atoms with Gasteiger partial charge in [0.15, 0.2) is 5.78 Å². The number of hydrogen-bond acceptors (Lipinski definition) is 6. The average molecular weight is 310 g/mol. The highest BCUT2D eigenvalue weighted by Gasteiger charge is 2.25. The minimum Gasteiger partial charge on any atom is -0.462 e. The van der Waals surface area contributed by atoms with E-state index >= 15 is 0 Å². The zero-order chi connectivity index (χ0) is 15.4. The zero-order valence-corrected chi connectivity index (χ0v) is 13.3. The second kappa shape index (κ2) is 6.93. The van der Waals surface area contributed by atoms with Crippen LogP contribution in [0.2, 0.25) is 0 Å². The fraction of sp³-hybridized carbons (Fsp3) is 0.600. The summed E-state index contributed by atoms with van der Waals surface area (Å²) in [5.41, 5.74) is 6.51. The molecule has 1 fully saturated rings. The van der Waals surface area contributed by atoms with Crippen molar-refractivity contribution in [2.24, 2.45) is 5.92 Å². The summed E-state index contributed by atoms with van der Waals surface area (Å²) in [5.74, 6) is 0.0359. The molecule has 0 spiro atoms. The summed E-state index contributed by atoms with van der Waals surface area (Å²) in [6, 6.07) is 0. The van der Waals surface area contributed by atoms with Crippen molar-refractivity contribution in [1.82, 2.24) is 0 Å². The molecule has 6 heteroatoms. The van der Waals surface area contributed by atoms with Gasteiger partial charge in [0.2, 0.25) is 0 Å². The smallest absolute Gasteiger partial charge is 0.343 e. The molecule has 1 aromatic heterocycles. The van der Waals surface area contributed by atoms with Crippen molar-refractivity contribution < 1.29 is 14.3 Å². The number of thiophene rings is 1. The van der Waals surface area contributed by atoms with E-state index in [2.05, 4.69) is 5.32 Å². The Hall–Kier alpha value is -1.56. The van der Waals surface area contributed by atoms with Gasteiger partial charge < -0.3 is 15.8 Å². The Morgan fingerprint density at radius 3 is 2.62 bits per heavy atom. The summed E-state index contributed by atoms with van der Waals surface area (Å²) < 4.78 is 5.05. The van der Waals surface area contributed by atoms with Crippen LogP contribution in [0.25, 0.3) is 0 Å². The van der Waals surface area contributed by atoms with Crippen LogP contribution in [0.4, 0.5) is 10.7 Å². The quantitative estimate of drug-likeness (QED) is 0.622. The van der Waals surface area contributed by atoms with E-state index in [0.717, 1.165) is 6.54 Å². The summed E-state index contributed by atoms with van der Waals surface area (Å²) in [6.45, 7) is 4.30. The molecular weight excluding hydrogens is 288 g/mol. The molecule has 2 rings (SSSR count). The molecule has 0 bridgehead atoms. The number of ether oxygens (including phenoxy) is 1. The first-order valence-electron chi connectivity index (χ1n) is 7.38. The number of anilines is 2. The summed E-state index contributed by atoms with van der Waals surface area (Å²) >= 11 is 1.25. The predicted octanol–water partition coefficient (Wildman–Crippen LogP) is 3.31. The Morgan fingerprint density at radius 1 is 1.38 bits per heavy atom. The monoisotopic (exact) mass is 310 g/mol. The lowest BCUT2D eigenvalue weighted by Crippen LogP contribution is -2.14. The van der Waals surface area contributed by atoms with Crippen molar-refractivity contribution >= 4 is 33.8 Å². The standard InChI is InChI=1S/C15H22N2O3S/c1-3-20-15(19)11-12(16)13(9(2)18)21-14(11)17-8-10-6-4-5-7-10/h10,17H,3-8,16H2,1-2H3. The Labute approximate surface area is 128 Å². The molecule has 21 heavy (non-hydrogen) atoms. The molecule has 0 aromatic carbocycles. The summed E-state index contributed by atoms with van der Waals surface area (Å²) in [5, 5.41) is 3.95. The number of hydrogen-bond donors (Lipinski definition) is 2. The first kappa shape index (κ1) is 15.8. The van der Waals surface area contributed by atoms with Crippen molar-refractivity contribution in [1.29, 1.82) is 0 Å². The summed E-state index contributed by atoms with van der Waals surface area (Å²) in [6.07, 6.45) is 4.95. The molecule has 1 aliphatic rings. The predicted molar refractivity (Wildman–Crippen MR) is 85.1 cm³/mol. The Balaban J connectivity index is 2.22. The van der Waals surface area contributed by atoms with E-state index in [-0.39, 0.29) is 18.1 Å². The van der Waals surface area contributed by atoms with Crippen LogP contribution < -0.4 is 11.1 Å². The molecule has 0 atom stereocenters. The van der Waals surface area contributed by atoms with Crippen LogP contribution in [0.1, 0.15) is 59.6 Å². The van der Waals surface area contributed by atoms with Crippen LogP contribution in [0.3, 0.4) is 0 Å². The van der Waals surface area contributed by atoms with E-state index in [1.165, 1.54) is 43.9 Å². The normalized spacial score (nSPS) is 15.1. The fourth-order valence-electron chi connectivity index (χ4n) is 2.69. The molecule has 5 nitrogen and oxygen atoms in total. The maximum atomic E-state index is 12.1. The molecule has 0 aliphatic heterocycles. The van der Waals surface area contributed by atoms with Gasteiger partial charge in [-0.1, -0.05) is 12.8 Å². The van der Waals surface area contributed by atoms with Gasteiger partial charge in [0, 0.05) is 13.5 Å². The minimum absolute atomic E-state index is 0.128. The van der Waals surface area contributed by atoms with Gasteiger partial charge in [-0.15, -0.1) is 11.3 Å². The molecule has 0 amide bonds. The van der Waals surface area contributed by atoms with Gasteiger partial charge in [-0.05, 0) is 25.7 Å². The molecular formula is C15H22N2O3S. The van der Waals surface area contributed by atoms with Crippen molar-refractivity contribution in [2.75, 3.05) is 24.2 Å². The molecule has 0 saturated heterocycles. The first-order valence-corrected chi connectivity index (χ1v) is 8.20. The zero-order valence-electron chi connectivity index (χ0n) is 12.5. The number of carbonyl (C=O) groups is 2. The van der Waals surface area contributed by atoms with Crippen molar-refractivity contribution in [3.05, 3.63) is 10.4 Å². The molecule has 1 aromatic rings. The SMILES string of the molecule is CCOC(=O)c1c(NCC2CCCC2)sc(C(C)=O)c1N. The Kier molecular flexibility index (Phi) is 5.22. The number of esters is 1. The van der Waals surface area contributed by atoms with E-state index in [1.807, 2.05) is 0 Å². The van der Waals surface area contributed by atoms with E-state index in [1.54, 1.807) is 6.92 Å². The van der Waals surface area contributed by atoms with Crippen LogP contribution in [-0.4, -0.2) is 24.9 Å². The lowest BCUT2D eigenvalue weighted by atomic mass is 10.1. The number of rotatable bonds is 6. The van der Waals surface area contributed by atoms with E-state index in [4.69, 9.17) is 10.5 Å². The lowest BCUT2D eigenvalue weighted by Gasteiger charge is -2.11. The van der Waals surface area contributed by atoms with E-state index in [0.29, 0.717) is 21.4 Å². The highest BCUT2D eigenvalue weighted by atomic mass is 32.1. The number of nitrogen functional groups attached to an aromatic ring is 1. The van der Waals surface area contributed by atoms with Crippen molar-refractivity contribution in [3.8, 4) is 0 Å². The first-order chi connectivity index (χ1) is 10.0. The second-order valence-electron chi connectivity index (χ2n) is 5.36. The van der Waals surface area contributed by atoms with E-state index in [9.17, 15) is 9.59 Å². The molecule has 1 saturated carbocycles. The lowest BCUT2D eigenvalue weighted by molar-refractivity contribution is 0.0529. The van der Waals surface area contributed by atoms with Gasteiger partial charge in [-0.25, -0.2) is 4.79 Å². The summed E-state index contributed by atoms with van der Waals surface area (Å²) in [4.78, 5) is 24.1. The molecule has 1 aliphatic carbocycles. The molecule has 0 unspecified atom stereocenters. The van der Waals surface area contributed by atoms with Gasteiger partial charge in [0.25, 0.3) is 0 Å². The third kappa shape index (κ3) is 3.56. The number of ketones is 1. The number of nitrogens with two attached hydrogens (primary N) is 1. The van der Waals surface area contributed by atoms with Crippen molar-refractivity contribution in [2.45, 2.75) is 39.5 Å². The molecule has 1 heterocycles. The van der Waals surface area contributed by atoms with Crippen LogP contribution in [0.5, 0.6) is 0 Å². The van der Waals surface area contributed by atoms with Gasteiger partial charge in [-0.2, -0.15) is 0 Å². The van der Waals surface area contributed by atoms with Crippen LogP contribution >= 0.6 is 11.3 Å². The van der Waals surface area contributed by atoms with Gasteiger partial charge in [0.1, 0.15) is 10.6 Å². The largest absolute Gasteiger partial charge is 0.462 e. The topological polar surface area (TPSA) is 81.4 Å². The van der Waals surface area contributed by atoms with Crippen LogP contribution in [-0.2, 0) is 4.74 Å². The maximum Gasteiger partial charge on any atom is 0.343 e. The number of nitrogens with one attached hydrogen (secondary N) is 1. The number of Topliss-reactive ketones (excluding diaryl/α,β-unsaturated/α-hetero) is 1.